The number of nitrogens with zero attached hydrogens (tertiary/aromatic N) is 1. The summed E-state index contributed by atoms with van der Waals surface area (Å²) in [5.41, 5.74) is 1.73. The molecule has 0 bridgehead atoms. The third-order valence-electron chi connectivity index (χ3n) is 3.45. The lowest BCUT2D eigenvalue weighted by molar-refractivity contribution is -0.117. The van der Waals surface area contributed by atoms with Gasteiger partial charge in [0.1, 0.15) is 11.5 Å². The smallest absolute Gasteiger partial charge is 0.238 e. The first kappa shape index (κ1) is 18.3. The van der Waals surface area contributed by atoms with Crippen LogP contribution in [-0.4, -0.2) is 38.6 Å². The van der Waals surface area contributed by atoms with E-state index in [4.69, 9.17) is 9.47 Å². The molecule has 2 rings (SSSR count). The van der Waals surface area contributed by atoms with E-state index in [1.54, 1.807) is 20.3 Å². The largest absolute Gasteiger partial charge is 0.497 e. The maximum atomic E-state index is 12.2. The zero-order chi connectivity index (χ0) is 17.5. The Balaban J connectivity index is 1.95. The van der Waals surface area contributed by atoms with Gasteiger partial charge in [-0.05, 0) is 37.4 Å². The highest BCUT2D eigenvalue weighted by Gasteiger charge is 2.11. The number of benzene rings is 2. The standard InChI is InChI=1S/C18H21BrN2O3/c1-21(11-13-9-14(19)7-8-17(13)24-3)12-18(22)20-15-5-4-6-16(10-15)23-2/h4-10H,11-12H2,1-3H3,(H,20,22). The lowest BCUT2D eigenvalue weighted by Crippen LogP contribution is -2.30. The summed E-state index contributed by atoms with van der Waals surface area (Å²) >= 11 is 3.46. The molecular weight excluding hydrogens is 372 g/mol. The monoisotopic (exact) mass is 392 g/mol. The molecule has 0 radical (unpaired) electrons. The van der Waals surface area contributed by atoms with Crippen LogP contribution in [0, 0.1) is 0 Å². The molecule has 0 saturated heterocycles. The Morgan fingerprint density at radius 2 is 1.96 bits per heavy atom. The van der Waals surface area contributed by atoms with Crippen LogP contribution in [0.2, 0.25) is 0 Å². The van der Waals surface area contributed by atoms with Gasteiger partial charge in [0.25, 0.3) is 0 Å². The van der Waals surface area contributed by atoms with Crippen molar-refractivity contribution in [3.05, 3.63) is 52.5 Å². The molecule has 0 aliphatic heterocycles. The Labute approximate surface area is 150 Å². The Morgan fingerprint density at radius 3 is 2.67 bits per heavy atom. The summed E-state index contributed by atoms with van der Waals surface area (Å²) in [5, 5.41) is 2.87. The first-order valence-corrected chi connectivity index (χ1v) is 8.26. The third-order valence-corrected chi connectivity index (χ3v) is 3.94. The van der Waals surface area contributed by atoms with E-state index >= 15 is 0 Å². The number of carbonyl (C=O) groups is 1. The number of rotatable bonds is 7. The molecule has 2 aromatic rings. The quantitative estimate of drug-likeness (QED) is 0.782. The van der Waals surface area contributed by atoms with Crippen molar-refractivity contribution in [1.82, 2.24) is 4.90 Å². The predicted octanol–water partition coefficient (Wildman–Crippen LogP) is 3.54. The summed E-state index contributed by atoms with van der Waals surface area (Å²) in [6.07, 6.45) is 0. The second-order valence-electron chi connectivity index (χ2n) is 5.41. The second kappa shape index (κ2) is 8.70. The normalized spacial score (nSPS) is 10.5. The molecule has 0 aromatic heterocycles. The number of halogens is 1. The van der Waals surface area contributed by atoms with Crippen LogP contribution in [0.1, 0.15) is 5.56 Å². The molecule has 0 spiro atoms. The Hall–Kier alpha value is -2.05. The number of ether oxygens (including phenoxy) is 2. The summed E-state index contributed by atoms with van der Waals surface area (Å²) in [6.45, 7) is 0.876. The molecule has 5 nitrogen and oxygen atoms in total. The summed E-state index contributed by atoms with van der Waals surface area (Å²) in [4.78, 5) is 14.1. The van der Waals surface area contributed by atoms with Gasteiger partial charge in [0.15, 0.2) is 0 Å². The van der Waals surface area contributed by atoms with Crippen molar-refractivity contribution in [1.29, 1.82) is 0 Å². The first-order valence-electron chi connectivity index (χ1n) is 7.46. The number of hydrogen-bond acceptors (Lipinski definition) is 4. The second-order valence-corrected chi connectivity index (χ2v) is 6.32. The molecule has 0 unspecified atom stereocenters. The van der Waals surface area contributed by atoms with E-state index in [0.29, 0.717) is 18.0 Å². The average Bonchev–Trinajstić information content (AvgIpc) is 2.55. The number of hydrogen-bond donors (Lipinski definition) is 1. The van der Waals surface area contributed by atoms with Crippen molar-refractivity contribution in [2.24, 2.45) is 0 Å². The number of anilines is 1. The maximum absolute atomic E-state index is 12.2. The van der Waals surface area contributed by atoms with Crippen LogP contribution in [-0.2, 0) is 11.3 Å². The fraction of sp³-hybridized carbons (Fsp3) is 0.278. The van der Waals surface area contributed by atoms with Gasteiger partial charge in [-0.15, -0.1) is 0 Å². The molecule has 0 aliphatic rings. The minimum atomic E-state index is -0.0836. The number of likely N-dealkylation sites (N-methyl/N-ethyl adjacent to an activating group) is 1. The van der Waals surface area contributed by atoms with Crippen LogP contribution in [0.3, 0.4) is 0 Å². The Morgan fingerprint density at radius 1 is 1.17 bits per heavy atom. The van der Waals surface area contributed by atoms with Crippen molar-refractivity contribution >= 4 is 27.5 Å². The van der Waals surface area contributed by atoms with Gasteiger partial charge in [0, 0.05) is 28.3 Å². The summed E-state index contributed by atoms with van der Waals surface area (Å²) in [6, 6.07) is 13.1. The minimum Gasteiger partial charge on any atom is -0.497 e. The van der Waals surface area contributed by atoms with E-state index < -0.39 is 0 Å². The van der Waals surface area contributed by atoms with Crippen molar-refractivity contribution in [3.63, 3.8) is 0 Å². The van der Waals surface area contributed by atoms with E-state index in [-0.39, 0.29) is 12.5 Å². The zero-order valence-electron chi connectivity index (χ0n) is 14.0. The fourth-order valence-electron chi connectivity index (χ4n) is 2.36. The molecule has 0 fully saturated rings. The molecule has 6 heteroatoms. The maximum Gasteiger partial charge on any atom is 0.238 e. The van der Waals surface area contributed by atoms with Gasteiger partial charge in [0.2, 0.25) is 5.91 Å². The zero-order valence-corrected chi connectivity index (χ0v) is 15.6. The van der Waals surface area contributed by atoms with Gasteiger partial charge in [-0.1, -0.05) is 22.0 Å². The van der Waals surface area contributed by atoms with Gasteiger partial charge in [-0.2, -0.15) is 0 Å². The summed E-state index contributed by atoms with van der Waals surface area (Å²) in [5.74, 6) is 1.43. The number of carbonyl (C=O) groups excluding carboxylic acids is 1. The summed E-state index contributed by atoms with van der Waals surface area (Å²) in [7, 11) is 5.13. The molecular formula is C18H21BrN2O3. The van der Waals surface area contributed by atoms with Crippen molar-refractivity contribution in [2.75, 3.05) is 33.1 Å². The van der Waals surface area contributed by atoms with Gasteiger partial charge in [-0.3, -0.25) is 9.69 Å². The van der Waals surface area contributed by atoms with Crippen LogP contribution in [0.4, 0.5) is 5.69 Å². The molecule has 0 atom stereocenters. The lowest BCUT2D eigenvalue weighted by atomic mass is 10.2. The molecule has 1 N–H and O–H groups in total. The van der Waals surface area contributed by atoms with Crippen molar-refractivity contribution < 1.29 is 14.3 Å². The van der Waals surface area contributed by atoms with E-state index in [1.165, 1.54) is 0 Å². The third kappa shape index (κ3) is 5.25. The molecule has 24 heavy (non-hydrogen) atoms. The molecule has 0 aliphatic carbocycles. The highest BCUT2D eigenvalue weighted by Crippen LogP contribution is 2.24. The average molecular weight is 393 g/mol. The van der Waals surface area contributed by atoms with E-state index in [9.17, 15) is 4.79 Å². The van der Waals surface area contributed by atoms with Crippen LogP contribution < -0.4 is 14.8 Å². The molecule has 2 aromatic carbocycles. The number of nitrogens with one attached hydrogen (secondary N) is 1. The van der Waals surface area contributed by atoms with E-state index in [1.807, 2.05) is 48.3 Å². The fourth-order valence-corrected chi connectivity index (χ4v) is 2.77. The minimum absolute atomic E-state index is 0.0836. The Bertz CT molecular complexity index is 706. The van der Waals surface area contributed by atoms with Crippen molar-refractivity contribution in [2.45, 2.75) is 6.54 Å². The van der Waals surface area contributed by atoms with Gasteiger partial charge >= 0.3 is 0 Å². The SMILES string of the molecule is COc1cccc(NC(=O)CN(C)Cc2cc(Br)ccc2OC)c1. The molecule has 1 amide bonds. The molecule has 0 heterocycles. The number of methoxy groups -OCH3 is 2. The van der Waals surface area contributed by atoms with Crippen LogP contribution >= 0.6 is 15.9 Å². The summed E-state index contributed by atoms with van der Waals surface area (Å²) < 4.78 is 11.5. The lowest BCUT2D eigenvalue weighted by Gasteiger charge is -2.18. The highest BCUT2D eigenvalue weighted by molar-refractivity contribution is 9.10. The van der Waals surface area contributed by atoms with Gasteiger partial charge in [0.05, 0.1) is 20.8 Å². The van der Waals surface area contributed by atoms with Gasteiger partial charge < -0.3 is 14.8 Å². The van der Waals surface area contributed by atoms with E-state index in [0.717, 1.165) is 15.8 Å². The van der Waals surface area contributed by atoms with Gasteiger partial charge in [-0.25, -0.2) is 0 Å². The predicted molar refractivity (Wildman–Crippen MR) is 98.7 cm³/mol. The van der Waals surface area contributed by atoms with Crippen LogP contribution in [0.15, 0.2) is 46.9 Å². The number of amides is 1. The van der Waals surface area contributed by atoms with Crippen molar-refractivity contribution in [3.8, 4) is 11.5 Å². The van der Waals surface area contributed by atoms with Crippen LogP contribution in [0.5, 0.6) is 11.5 Å². The van der Waals surface area contributed by atoms with E-state index in [2.05, 4.69) is 21.2 Å². The topological polar surface area (TPSA) is 50.8 Å². The highest BCUT2D eigenvalue weighted by atomic mass is 79.9. The molecule has 128 valence electrons. The Kier molecular flexibility index (Phi) is 6.63. The molecule has 0 saturated carbocycles. The van der Waals surface area contributed by atoms with Crippen LogP contribution in [0.25, 0.3) is 0 Å². The first-order chi connectivity index (χ1) is 11.5.